The molecule has 2 saturated carbocycles. The van der Waals surface area contributed by atoms with Crippen LogP contribution >= 0.6 is 11.6 Å². The molecule has 31 heavy (non-hydrogen) atoms. The third kappa shape index (κ3) is 5.61. The highest BCUT2D eigenvalue weighted by molar-refractivity contribution is 6.33. The molecule has 1 aliphatic heterocycles. The van der Waals surface area contributed by atoms with Gasteiger partial charge in [0, 0.05) is 32.7 Å². The summed E-state index contributed by atoms with van der Waals surface area (Å²) in [7, 11) is 0. The molecule has 0 bridgehead atoms. The Balaban J connectivity index is 1.36. The minimum absolute atomic E-state index is 0.00980. The van der Waals surface area contributed by atoms with Crippen LogP contribution in [0.25, 0.3) is 0 Å². The molecule has 1 atom stereocenters. The van der Waals surface area contributed by atoms with Gasteiger partial charge in [-0.15, -0.1) is 0 Å². The van der Waals surface area contributed by atoms with Gasteiger partial charge in [-0.05, 0) is 49.7 Å². The van der Waals surface area contributed by atoms with Crippen LogP contribution in [0, 0.1) is 11.8 Å². The van der Waals surface area contributed by atoms with Crippen molar-refractivity contribution in [3.8, 4) is 0 Å². The zero-order valence-corrected chi connectivity index (χ0v) is 19.3. The van der Waals surface area contributed by atoms with Crippen molar-refractivity contribution in [1.82, 2.24) is 15.1 Å². The first-order chi connectivity index (χ1) is 15.1. The molecule has 1 saturated heterocycles. The maximum atomic E-state index is 13.3. The van der Waals surface area contributed by atoms with E-state index in [-0.39, 0.29) is 17.9 Å². The summed E-state index contributed by atoms with van der Waals surface area (Å²) in [6, 6.07) is 7.19. The highest BCUT2D eigenvalue weighted by Gasteiger charge is 2.37. The van der Waals surface area contributed by atoms with E-state index < -0.39 is 0 Å². The van der Waals surface area contributed by atoms with Gasteiger partial charge in [-0.3, -0.25) is 14.5 Å². The summed E-state index contributed by atoms with van der Waals surface area (Å²) in [6.07, 6.45) is 11.2. The van der Waals surface area contributed by atoms with E-state index in [1.165, 1.54) is 44.9 Å². The van der Waals surface area contributed by atoms with Crippen molar-refractivity contribution < 1.29 is 9.59 Å². The lowest BCUT2D eigenvalue weighted by Crippen LogP contribution is -2.58. The van der Waals surface area contributed by atoms with Gasteiger partial charge in [0.2, 0.25) is 5.91 Å². The van der Waals surface area contributed by atoms with Crippen LogP contribution < -0.4 is 5.32 Å². The highest BCUT2D eigenvalue weighted by Crippen LogP contribution is 2.31. The first-order valence-corrected chi connectivity index (χ1v) is 12.6. The molecule has 3 fully saturated rings. The van der Waals surface area contributed by atoms with Crippen LogP contribution in [-0.2, 0) is 4.79 Å². The van der Waals surface area contributed by atoms with Crippen LogP contribution in [0.5, 0.6) is 0 Å². The Morgan fingerprint density at radius 1 is 0.935 bits per heavy atom. The number of piperazine rings is 1. The summed E-state index contributed by atoms with van der Waals surface area (Å²) in [6.45, 7) is 3.60. The lowest BCUT2D eigenvalue weighted by atomic mass is 9.89. The molecule has 1 N–H and O–H groups in total. The number of rotatable bonds is 6. The Bertz CT molecular complexity index is 751. The van der Waals surface area contributed by atoms with Gasteiger partial charge in [-0.25, -0.2) is 0 Å². The summed E-state index contributed by atoms with van der Waals surface area (Å²) in [4.78, 5) is 30.4. The number of halogens is 1. The van der Waals surface area contributed by atoms with Crippen molar-refractivity contribution >= 4 is 23.4 Å². The molecule has 4 rings (SSSR count). The molecule has 1 aromatic carbocycles. The number of nitrogens with zero attached hydrogens (tertiary/aromatic N) is 2. The molecule has 0 unspecified atom stereocenters. The SMILES string of the molecule is O=C(NCC1CCCCC1)[C@@H](C1CCCC1)N1CCN(C(=O)c2ccccc2Cl)CC1. The van der Waals surface area contributed by atoms with Crippen molar-refractivity contribution in [2.24, 2.45) is 11.8 Å². The third-order valence-corrected chi connectivity index (χ3v) is 7.83. The van der Waals surface area contributed by atoms with E-state index in [1.54, 1.807) is 12.1 Å². The molecule has 3 aliphatic rings. The monoisotopic (exact) mass is 445 g/mol. The largest absolute Gasteiger partial charge is 0.354 e. The Kier molecular flexibility index (Phi) is 7.89. The molecule has 6 heteroatoms. The number of hydrogen-bond donors (Lipinski definition) is 1. The number of benzene rings is 1. The molecular weight excluding hydrogens is 410 g/mol. The van der Waals surface area contributed by atoms with E-state index in [0.717, 1.165) is 32.5 Å². The summed E-state index contributed by atoms with van der Waals surface area (Å²) >= 11 is 6.23. The second-order valence-electron chi connectivity index (χ2n) is 9.55. The minimum atomic E-state index is -0.0522. The fraction of sp³-hybridized carbons (Fsp3) is 0.680. The summed E-state index contributed by atoms with van der Waals surface area (Å²) in [5, 5.41) is 3.82. The predicted octanol–water partition coefficient (Wildman–Crippen LogP) is 4.35. The topological polar surface area (TPSA) is 52.7 Å². The number of amides is 2. The van der Waals surface area contributed by atoms with Gasteiger partial charge in [0.1, 0.15) is 0 Å². The standard InChI is InChI=1S/C25H36ClN3O2/c26-22-13-7-6-12-21(22)25(31)29-16-14-28(15-17-29)23(20-10-4-5-11-20)24(30)27-18-19-8-2-1-3-9-19/h6-7,12-13,19-20,23H,1-5,8-11,14-18H2,(H,27,30)/t23-/m1/s1. The predicted molar refractivity (Wildman–Crippen MR) is 124 cm³/mol. The van der Waals surface area contributed by atoms with Crippen molar-refractivity contribution in [1.29, 1.82) is 0 Å². The molecule has 0 aromatic heterocycles. The molecule has 0 spiro atoms. The Morgan fingerprint density at radius 2 is 1.58 bits per heavy atom. The molecule has 2 amide bonds. The van der Waals surface area contributed by atoms with Crippen molar-refractivity contribution in [3.63, 3.8) is 0 Å². The van der Waals surface area contributed by atoms with Crippen LogP contribution in [0.1, 0.15) is 68.1 Å². The maximum Gasteiger partial charge on any atom is 0.255 e. The van der Waals surface area contributed by atoms with E-state index in [4.69, 9.17) is 11.6 Å². The second kappa shape index (κ2) is 10.8. The molecular formula is C25H36ClN3O2. The smallest absolute Gasteiger partial charge is 0.255 e. The normalized spacial score (nSPS) is 22.4. The molecule has 1 heterocycles. The first kappa shape index (κ1) is 22.6. The van der Waals surface area contributed by atoms with E-state index >= 15 is 0 Å². The fourth-order valence-corrected chi connectivity index (χ4v) is 5.92. The molecule has 2 aliphatic carbocycles. The number of carbonyl (C=O) groups excluding carboxylic acids is 2. The fourth-order valence-electron chi connectivity index (χ4n) is 5.70. The first-order valence-electron chi connectivity index (χ1n) is 12.2. The molecule has 0 radical (unpaired) electrons. The zero-order valence-electron chi connectivity index (χ0n) is 18.5. The van der Waals surface area contributed by atoms with Gasteiger partial charge in [-0.1, -0.05) is 55.8 Å². The lowest BCUT2D eigenvalue weighted by Gasteiger charge is -2.41. The van der Waals surface area contributed by atoms with Gasteiger partial charge in [0.05, 0.1) is 16.6 Å². The number of hydrogen-bond acceptors (Lipinski definition) is 3. The quantitative estimate of drug-likeness (QED) is 0.708. The van der Waals surface area contributed by atoms with Gasteiger partial charge < -0.3 is 10.2 Å². The summed E-state index contributed by atoms with van der Waals surface area (Å²) in [5.41, 5.74) is 0.565. The van der Waals surface area contributed by atoms with Crippen LogP contribution in [0.3, 0.4) is 0 Å². The molecule has 1 aromatic rings. The van der Waals surface area contributed by atoms with Gasteiger partial charge in [-0.2, -0.15) is 0 Å². The maximum absolute atomic E-state index is 13.3. The average Bonchev–Trinajstić information content (AvgIpc) is 3.33. The lowest BCUT2D eigenvalue weighted by molar-refractivity contribution is -0.129. The summed E-state index contributed by atoms with van der Waals surface area (Å²) in [5.74, 6) is 1.29. The van der Waals surface area contributed by atoms with Crippen molar-refractivity contribution in [2.75, 3.05) is 32.7 Å². The van der Waals surface area contributed by atoms with Crippen LogP contribution in [0.2, 0.25) is 5.02 Å². The Hall–Kier alpha value is -1.59. The molecule has 5 nitrogen and oxygen atoms in total. The van der Waals surface area contributed by atoms with Crippen LogP contribution in [0.4, 0.5) is 0 Å². The van der Waals surface area contributed by atoms with Gasteiger partial charge in [0.25, 0.3) is 5.91 Å². The summed E-state index contributed by atoms with van der Waals surface area (Å²) < 4.78 is 0. The van der Waals surface area contributed by atoms with Crippen molar-refractivity contribution in [2.45, 2.75) is 63.8 Å². The third-order valence-electron chi connectivity index (χ3n) is 7.50. The number of nitrogens with one attached hydrogen (secondary N) is 1. The van der Waals surface area contributed by atoms with Crippen molar-refractivity contribution in [3.05, 3.63) is 34.9 Å². The highest BCUT2D eigenvalue weighted by atomic mass is 35.5. The zero-order chi connectivity index (χ0) is 21.6. The van der Waals surface area contributed by atoms with Crippen LogP contribution in [-0.4, -0.2) is 60.4 Å². The van der Waals surface area contributed by atoms with E-state index in [9.17, 15) is 9.59 Å². The average molecular weight is 446 g/mol. The van der Waals surface area contributed by atoms with Crippen LogP contribution in [0.15, 0.2) is 24.3 Å². The Labute approximate surface area is 191 Å². The van der Waals surface area contributed by atoms with E-state index in [2.05, 4.69) is 10.2 Å². The van der Waals surface area contributed by atoms with E-state index in [0.29, 0.717) is 35.5 Å². The number of carbonyl (C=O) groups is 2. The minimum Gasteiger partial charge on any atom is -0.354 e. The van der Waals surface area contributed by atoms with E-state index in [1.807, 2.05) is 17.0 Å². The van der Waals surface area contributed by atoms with Gasteiger partial charge >= 0.3 is 0 Å². The second-order valence-corrected chi connectivity index (χ2v) is 9.95. The molecule has 170 valence electrons. The van der Waals surface area contributed by atoms with Gasteiger partial charge in [0.15, 0.2) is 0 Å². The Morgan fingerprint density at radius 3 is 2.26 bits per heavy atom.